The van der Waals surface area contributed by atoms with Crippen molar-refractivity contribution in [2.45, 2.75) is 6.92 Å². The van der Waals surface area contributed by atoms with Crippen LogP contribution in [0.4, 0.5) is 4.79 Å². The summed E-state index contributed by atoms with van der Waals surface area (Å²) in [5, 5.41) is 0. The van der Waals surface area contributed by atoms with Gasteiger partial charge in [-0.1, -0.05) is 6.92 Å². The smallest absolute Gasteiger partial charge is 0.409 e. The third-order valence-electron chi connectivity index (χ3n) is 1.47. The molecule has 0 bridgehead atoms. The largest absolute Gasteiger partial charge is 0.453 e. The third kappa shape index (κ3) is 3.83. The molecular formula is C7H16N2O2. The Hall–Kier alpha value is -0.770. The van der Waals surface area contributed by atoms with Crippen molar-refractivity contribution < 1.29 is 9.53 Å². The molecule has 0 saturated carbocycles. The molecule has 0 rings (SSSR count). The second kappa shape index (κ2) is 4.96. The number of ether oxygens (including phenoxy) is 1. The molecule has 4 nitrogen and oxygen atoms in total. The number of carbonyl (C=O) groups is 1. The lowest BCUT2D eigenvalue weighted by molar-refractivity contribution is 0.128. The highest BCUT2D eigenvalue weighted by Crippen LogP contribution is 1.96. The maximum absolute atomic E-state index is 10.8. The second-order valence-electron chi connectivity index (χ2n) is 2.69. The van der Waals surface area contributed by atoms with Crippen molar-refractivity contribution in [3.05, 3.63) is 0 Å². The Bertz CT molecular complexity index is 128. The molecule has 0 radical (unpaired) electrons. The van der Waals surface area contributed by atoms with E-state index < -0.39 is 0 Å². The molecule has 0 spiro atoms. The number of nitrogens with two attached hydrogens (primary N) is 1. The van der Waals surface area contributed by atoms with Crippen LogP contribution in [0.5, 0.6) is 0 Å². The van der Waals surface area contributed by atoms with E-state index in [1.54, 1.807) is 7.05 Å². The number of hydrogen-bond donors (Lipinski definition) is 1. The minimum Gasteiger partial charge on any atom is -0.453 e. The summed E-state index contributed by atoms with van der Waals surface area (Å²) in [5.41, 5.74) is 5.38. The molecule has 0 aromatic rings. The van der Waals surface area contributed by atoms with Gasteiger partial charge < -0.3 is 15.4 Å². The predicted octanol–water partition coefficient (Wildman–Crippen LogP) is 0.279. The number of rotatable bonds is 3. The van der Waals surface area contributed by atoms with Gasteiger partial charge in [-0.3, -0.25) is 0 Å². The van der Waals surface area contributed by atoms with Gasteiger partial charge in [-0.25, -0.2) is 4.79 Å². The minimum absolute atomic E-state index is 0.315. The highest BCUT2D eigenvalue weighted by molar-refractivity contribution is 5.66. The molecule has 11 heavy (non-hydrogen) atoms. The van der Waals surface area contributed by atoms with Gasteiger partial charge in [-0.05, 0) is 12.5 Å². The Balaban J connectivity index is 3.67. The topological polar surface area (TPSA) is 55.6 Å². The summed E-state index contributed by atoms with van der Waals surface area (Å²) >= 11 is 0. The first-order valence-corrected chi connectivity index (χ1v) is 3.61. The average Bonchev–Trinajstić information content (AvgIpc) is 2.02. The van der Waals surface area contributed by atoms with E-state index in [2.05, 4.69) is 4.74 Å². The summed E-state index contributed by atoms with van der Waals surface area (Å²) in [7, 11) is 3.06. The van der Waals surface area contributed by atoms with Crippen molar-refractivity contribution in [2.75, 3.05) is 27.2 Å². The van der Waals surface area contributed by atoms with Crippen LogP contribution < -0.4 is 5.73 Å². The number of methoxy groups -OCH3 is 1. The zero-order valence-electron chi connectivity index (χ0n) is 7.33. The Morgan fingerprint density at radius 1 is 1.73 bits per heavy atom. The van der Waals surface area contributed by atoms with Gasteiger partial charge in [0.1, 0.15) is 0 Å². The van der Waals surface area contributed by atoms with Crippen LogP contribution in [0.2, 0.25) is 0 Å². The fraction of sp³-hybridized carbons (Fsp3) is 0.857. The van der Waals surface area contributed by atoms with Crippen LogP contribution in [0.1, 0.15) is 6.92 Å². The van der Waals surface area contributed by atoms with Gasteiger partial charge >= 0.3 is 6.09 Å². The number of amides is 1. The SMILES string of the molecule is COC(=O)N(C)CC(C)CN. The van der Waals surface area contributed by atoms with Crippen molar-refractivity contribution in [3.8, 4) is 0 Å². The van der Waals surface area contributed by atoms with E-state index in [-0.39, 0.29) is 6.09 Å². The molecule has 1 unspecified atom stereocenters. The first-order chi connectivity index (χ1) is 5.11. The Labute approximate surface area is 67.3 Å². The molecule has 0 fully saturated rings. The van der Waals surface area contributed by atoms with E-state index in [0.717, 1.165) is 0 Å². The first-order valence-electron chi connectivity index (χ1n) is 3.61. The van der Waals surface area contributed by atoms with Gasteiger partial charge in [-0.15, -0.1) is 0 Å². The van der Waals surface area contributed by atoms with Crippen molar-refractivity contribution in [1.82, 2.24) is 4.90 Å². The van der Waals surface area contributed by atoms with E-state index in [1.165, 1.54) is 12.0 Å². The minimum atomic E-state index is -0.315. The molecule has 0 aliphatic rings. The fourth-order valence-corrected chi connectivity index (χ4v) is 0.772. The van der Waals surface area contributed by atoms with Crippen LogP contribution in [-0.4, -0.2) is 38.2 Å². The molecule has 0 saturated heterocycles. The van der Waals surface area contributed by atoms with Crippen molar-refractivity contribution in [2.24, 2.45) is 11.7 Å². The van der Waals surface area contributed by atoms with E-state index in [9.17, 15) is 4.79 Å². The number of hydrogen-bond acceptors (Lipinski definition) is 3. The fourth-order valence-electron chi connectivity index (χ4n) is 0.772. The maximum atomic E-state index is 10.8. The molecule has 0 aliphatic carbocycles. The quantitative estimate of drug-likeness (QED) is 0.645. The van der Waals surface area contributed by atoms with Crippen LogP contribution in [0.15, 0.2) is 0 Å². The lowest BCUT2D eigenvalue weighted by Crippen LogP contribution is -2.33. The van der Waals surface area contributed by atoms with E-state index in [1.807, 2.05) is 6.92 Å². The van der Waals surface area contributed by atoms with Crippen LogP contribution in [0.25, 0.3) is 0 Å². The molecule has 0 aromatic heterocycles. The Morgan fingerprint density at radius 2 is 2.27 bits per heavy atom. The van der Waals surface area contributed by atoms with Crippen molar-refractivity contribution >= 4 is 6.09 Å². The summed E-state index contributed by atoms with van der Waals surface area (Å²) in [6.07, 6.45) is -0.315. The van der Waals surface area contributed by atoms with Gasteiger partial charge in [0.25, 0.3) is 0 Å². The van der Waals surface area contributed by atoms with Crippen molar-refractivity contribution in [1.29, 1.82) is 0 Å². The Kier molecular flexibility index (Phi) is 4.61. The molecule has 1 amide bonds. The van der Waals surface area contributed by atoms with E-state index in [0.29, 0.717) is 19.0 Å². The lowest BCUT2D eigenvalue weighted by atomic mass is 10.2. The lowest BCUT2D eigenvalue weighted by Gasteiger charge is -2.18. The molecule has 0 aromatic carbocycles. The van der Waals surface area contributed by atoms with Gasteiger partial charge in [-0.2, -0.15) is 0 Å². The molecule has 4 heteroatoms. The Morgan fingerprint density at radius 3 is 2.64 bits per heavy atom. The van der Waals surface area contributed by atoms with Gasteiger partial charge in [0, 0.05) is 13.6 Å². The molecule has 66 valence electrons. The van der Waals surface area contributed by atoms with Crippen LogP contribution in [-0.2, 0) is 4.74 Å². The van der Waals surface area contributed by atoms with Gasteiger partial charge in [0.05, 0.1) is 7.11 Å². The molecule has 1 atom stereocenters. The van der Waals surface area contributed by atoms with Crippen LogP contribution in [0, 0.1) is 5.92 Å². The standard InChI is InChI=1S/C7H16N2O2/c1-6(4-8)5-9(2)7(10)11-3/h6H,4-5,8H2,1-3H3. The normalized spacial score (nSPS) is 12.4. The predicted molar refractivity (Wildman–Crippen MR) is 43.3 cm³/mol. The average molecular weight is 160 g/mol. The monoisotopic (exact) mass is 160 g/mol. The van der Waals surface area contributed by atoms with Gasteiger partial charge in [0.2, 0.25) is 0 Å². The zero-order valence-corrected chi connectivity index (χ0v) is 7.33. The summed E-state index contributed by atoms with van der Waals surface area (Å²) in [5.74, 6) is 0.319. The number of nitrogens with zero attached hydrogens (tertiary/aromatic N) is 1. The highest BCUT2D eigenvalue weighted by atomic mass is 16.5. The summed E-state index contributed by atoms with van der Waals surface area (Å²) < 4.78 is 4.50. The highest BCUT2D eigenvalue weighted by Gasteiger charge is 2.10. The third-order valence-corrected chi connectivity index (χ3v) is 1.47. The van der Waals surface area contributed by atoms with Crippen molar-refractivity contribution in [3.63, 3.8) is 0 Å². The number of carbonyl (C=O) groups excluding carboxylic acids is 1. The first kappa shape index (κ1) is 10.2. The van der Waals surface area contributed by atoms with Crippen LogP contribution in [0.3, 0.4) is 0 Å². The van der Waals surface area contributed by atoms with E-state index in [4.69, 9.17) is 5.73 Å². The molecule has 2 N–H and O–H groups in total. The second-order valence-corrected chi connectivity index (χ2v) is 2.69. The summed E-state index contributed by atoms with van der Waals surface area (Å²) in [4.78, 5) is 12.3. The molecular weight excluding hydrogens is 144 g/mol. The summed E-state index contributed by atoms with van der Waals surface area (Å²) in [6.45, 7) is 3.21. The maximum Gasteiger partial charge on any atom is 0.409 e. The zero-order chi connectivity index (χ0) is 8.85. The summed E-state index contributed by atoms with van der Waals surface area (Å²) in [6, 6.07) is 0. The molecule has 0 aliphatic heterocycles. The van der Waals surface area contributed by atoms with E-state index >= 15 is 0 Å². The van der Waals surface area contributed by atoms with Crippen LogP contribution >= 0.6 is 0 Å². The molecule has 0 heterocycles. The van der Waals surface area contributed by atoms with Gasteiger partial charge in [0.15, 0.2) is 0 Å².